The summed E-state index contributed by atoms with van der Waals surface area (Å²) in [4.78, 5) is 148. The molecule has 25 heteroatoms. The number of thioether (sulfide) groups is 1. The quantitative estimate of drug-likeness (QED) is 0.0406. The number of carboxylic acids is 2. The van der Waals surface area contributed by atoms with Crippen molar-refractivity contribution in [1.82, 2.24) is 47.9 Å². The zero-order valence-electron chi connectivity index (χ0n) is 48.6. The van der Waals surface area contributed by atoms with Crippen LogP contribution in [0.3, 0.4) is 0 Å². The maximum atomic E-state index is 14.4. The van der Waals surface area contributed by atoms with E-state index in [1.54, 1.807) is 85.7 Å². The number of hydrogen-bond acceptors (Lipinski definition) is 14. The number of nitrogens with one attached hydrogen (secondary N) is 9. The van der Waals surface area contributed by atoms with Crippen LogP contribution in [0.15, 0.2) is 30.3 Å². The van der Waals surface area contributed by atoms with Gasteiger partial charge in [-0.1, -0.05) is 99.6 Å². The molecule has 0 saturated carbocycles. The number of unbranched alkanes of at least 4 members (excludes halogenated alkanes) is 1. The first-order chi connectivity index (χ1) is 37.5. The molecule has 452 valence electrons. The maximum absolute atomic E-state index is 14.4. The highest BCUT2D eigenvalue weighted by molar-refractivity contribution is 7.98. The fraction of sp³-hybridized carbons (Fsp3) is 0.691. The number of amides is 9. The Morgan fingerprint density at radius 2 is 0.925 bits per heavy atom. The van der Waals surface area contributed by atoms with Gasteiger partial charge in [-0.2, -0.15) is 11.8 Å². The van der Waals surface area contributed by atoms with Crippen LogP contribution in [-0.4, -0.2) is 155 Å². The van der Waals surface area contributed by atoms with Gasteiger partial charge in [0.25, 0.3) is 0 Å². The molecular formula is C55H93N11O13S. The second kappa shape index (κ2) is 37.6. The summed E-state index contributed by atoms with van der Waals surface area (Å²) in [5, 5.41) is 43.0. The van der Waals surface area contributed by atoms with Crippen molar-refractivity contribution in [2.45, 2.75) is 188 Å². The number of carbonyl (C=O) groups is 11. The van der Waals surface area contributed by atoms with E-state index in [9.17, 15) is 63.0 Å². The lowest BCUT2D eigenvalue weighted by atomic mass is 9.98. The third-order valence-electron chi connectivity index (χ3n) is 12.7. The molecule has 0 bridgehead atoms. The fourth-order valence-corrected chi connectivity index (χ4v) is 8.78. The van der Waals surface area contributed by atoms with Gasteiger partial charge < -0.3 is 69.5 Å². The Bertz CT molecular complexity index is 2180. The van der Waals surface area contributed by atoms with Gasteiger partial charge in [0, 0.05) is 12.8 Å². The minimum Gasteiger partial charge on any atom is -0.481 e. The van der Waals surface area contributed by atoms with Gasteiger partial charge in [0.05, 0.1) is 12.6 Å². The normalized spacial score (nSPS) is 14.8. The number of nitrogens with two attached hydrogens (primary N) is 2. The smallest absolute Gasteiger partial charge is 0.326 e. The SMILES string of the molecule is CSCC[C@H](N)C(=O)NCC(=O)N[C@@H](CC(C)C)C(=O)N[C@@H](Cc1ccccc1)C(=O)N[C@@H](CC(C)C)C(=O)N[C@H](C(=O)N[C@@H](CCC(=O)O)C(=O)N[C@@H](CCCCN)C(=O)N[C@H](C(=O)N[C@@H](CC(C)C)C(=O)O)C(C)C)C(C)C. The van der Waals surface area contributed by atoms with Crippen LogP contribution in [0.4, 0.5) is 0 Å². The third kappa shape index (κ3) is 28.2. The van der Waals surface area contributed by atoms with Gasteiger partial charge in [-0.15, -0.1) is 0 Å². The summed E-state index contributed by atoms with van der Waals surface area (Å²) in [6.45, 7) is 17.2. The van der Waals surface area contributed by atoms with E-state index in [0.717, 1.165) is 0 Å². The first kappa shape index (κ1) is 71.7. The molecule has 0 heterocycles. The van der Waals surface area contributed by atoms with Crippen LogP contribution in [-0.2, 0) is 59.2 Å². The molecule has 1 aromatic rings. The Labute approximate surface area is 475 Å². The third-order valence-corrected chi connectivity index (χ3v) is 13.3. The molecular weight excluding hydrogens is 1050 g/mol. The number of benzene rings is 1. The molecule has 80 heavy (non-hydrogen) atoms. The molecule has 0 saturated heterocycles. The summed E-state index contributed by atoms with van der Waals surface area (Å²) in [6.07, 6.45) is 2.32. The summed E-state index contributed by atoms with van der Waals surface area (Å²) in [5.74, 6) is -10.4. The number of carboxylic acid groups (broad SMARTS) is 2. The van der Waals surface area contributed by atoms with Crippen molar-refractivity contribution < 1.29 is 63.0 Å². The van der Waals surface area contributed by atoms with Gasteiger partial charge in [0.1, 0.15) is 48.3 Å². The summed E-state index contributed by atoms with van der Waals surface area (Å²) >= 11 is 1.52. The monoisotopic (exact) mass is 1150 g/mol. The molecule has 0 aliphatic rings. The minimum atomic E-state index is -1.57. The zero-order valence-corrected chi connectivity index (χ0v) is 49.4. The van der Waals surface area contributed by atoms with E-state index in [-0.39, 0.29) is 56.4 Å². The molecule has 0 aliphatic heterocycles. The second-order valence-corrected chi connectivity index (χ2v) is 23.1. The van der Waals surface area contributed by atoms with E-state index >= 15 is 0 Å². The van der Waals surface area contributed by atoms with Crippen molar-refractivity contribution in [3.8, 4) is 0 Å². The van der Waals surface area contributed by atoms with Gasteiger partial charge in [0.2, 0.25) is 53.2 Å². The molecule has 9 atom stereocenters. The second-order valence-electron chi connectivity index (χ2n) is 22.1. The molecule has 24 nitrogen and oxygen atoms in total. The molecule has 9 amide bonds. The Morgan fingerprint density at radius 1 is 0.500 bits per heavy atom. The van der Waals surface area contributed by atoms with Gasteiger partial charge in [-0.25, -0.2) is 4.79 Å². The van der Waals surface area contributed by atoms with Gasteiger partial charge in [-0.3, -0.25) is 47.9 Å². The standard InChI is InChI=1S/C55H93N11O13S/c1-30(2)25-39(59-43(67)29-58-47(70)36(57)22-24-80-11)50(73)63-41(28-35-17-13-12-14-18-35)51(74)62-40(26-31(3)4)52(75)66-45(33(7)8)53(76)61-38(20-21-44(68)69)48(71)60-37(19-15-16-23-56)49(72)65-46(34(9)10)54(77)64-42(55(78)79)27-32(5)6/h12-14,17-18,30-34,36-42,45-46H,15-16,19-29,56-57H2,1-11H3,(H,58,70)(H,59,67)(H,60,71)(H,61,76)(H,62,74)(H,63,73)(H,64,77)(H,65,72)(H,66,75)(H,68,69)(H,78,79)/t36-,37-,38-,39-,40-,41-,42-,45-,46-/m0/s1. The Balaban J connectivity index is 3.51. The molecule has 0 aliphatic carbocycles. The Hall–Kier alpha value is -6.34. The predicted molar refractivity (Wildman–Crippen MR) is 305 cm³/mol. The molecule has 0 fully saturated rings. The van der Waals surface area contributed by atoms with Gasteiger partial charge >= 0.3 is 11.9 Å². The predicted octanol–water partition coefficient (Wildman–Crippen LogP) is 0.833. The van der Waals surface area contributed by atoms with Crippen molar-refractivity contribution in [1.29, 1.82) is 0 Å². The first-order valence-corrected chi connectivity index (χ1v) is 29.0. The molecule has 15 N–H and O–H groups in total. The average molecular weight is 1150 g/mol. The molecule has 0 radical (unpaired) electrons. The van der Waals surface area contributed by atoms with E-state index in [2.05, 4.69) is 47.9 Å². The van der Waals surface area contributed by atoms with Gasteiger partial charge in [0.15, 0.2) is 0 Å². The number of rotatable bonds is 39. The van der Waals surface area contributed by atoms with Crippen LogP contribution in [0.25, 0.3) is 0 Å². The number of hydrogen-bond donors (Lipinski definition) is 13. The largest absolute Gasteiger partial charge is 0.481 e. The van der Waals surface area contributed by atoms with E-state index in [0.29, 0.717) is 30.6 Å². The van der Waals surface area contributed by atoms with E-state index in [1.807, 2.05) is 20.1 Å². The van der Waals surface area contributed by atoms with Gasteiger partial charge in [-0.05, 0) is 105 Å². The fourth-order valence-electron chi connectivity index (χ4n) is 8.29. The van der Waals surface area contributed by atoms with E-state index in [4.69, 9.17) is 11.5 Å². The van der Waals surface area contributed by atoms with E-state index in [1.165, 1.54) is 11.8 Å². The first-order valence-electron chi connectivity index (χ1n) is 27.6. The number of carbonyl (C=O) groups excluding carboxylic acids is 9. The summed E-state index contributed by atoms with van der Waals surface area (Å²) in [6, 6.07) is -2.51. The summed E-state index contributed by atoms with van der Waals surface area (Å²) < 4.78 is 0. The topological polar surface area (TPSA) is 389 Å². The van der Waals surface area contributed by atoms with Crippen molar-refractivity contribution >= 4 is 76.9 Å². The number of aliphatic carboxylic acids is 2. The molecule has 0 unspecified atom stereocenters. The Morgan fingerprint density at radius 3 is 1.41 bits per heavy atom. The highest BCUT2D eigenvalue weighted by Crippen LogP contribution is 2.14. The van der Waals surface area contributed by atoms with Crippen LogP contribution in [0, 0.1) is 29.6 Å². The van der Waals surface area contributed by atoms with Crippen molar-refractivity contribution in [3.63, 3.8) is 0 Å². The zero-order chi connectivity index (χ0) is 60.8. The highest BCUT2D eigenvalue weighted by atomic mass is 32.2. The Kier molecular flexibility index (Phi) is 33.7. The molecule has 0 aromatic heterocycles. The minimum absolute atomic E-state index is 0.0140. The highest BCUT2D eigenvalue weighted by Gasteiger charge is 2.37. The lowest BCUT2D eigenvalue weighted by Gasteiger charge is -2.30. The summed E-state index contributed by atoms with van der Waals surface area (Å²) in [5.41, 5.74) is 12.3. The van der Waals surface area contributed by atoms with Crippen LogP contribution in [0.1, 0.15) is 133 Å². The van der Waals surface area contributed by atoms with Crippen LogP contribution >= 0.6 is 11.8 Å². The van der Waals surface area contributed by atoms with Crippen LogP contribution < -0.4 is 59.3 Å². The lowest BCUT2D eigenvalue weighted by molar-refractivity contribution is -0.143. The molecule has 1 rings (SSSR count). The van der Waals surface area contributed by atoms with Crippen molar-refractivity contribution in [2.24, 2.45) is 41.1 Å². The van der Waals surface area contributed by atoms with E-state index < -0.39 is 151 Å². The van der Waals surface area contributed by atoms with Crippen LogP contribution in [0.5, 0.6) is 0 Å². The van der Waals surface area contributed by atoms with Crippen molar-refractivity contribution in [3.05, 3.63) is 35.9 Å². The average Bonchev–Trinajstić information content (AvgIpc) is 3.37. The molecule has 1 aromatic carbocycles. The lowest BCUT2D eigenvalue weighted by Crippen LogP contribution is -2.61. The molecule has 0 spiro atoms. The van der Waals surface area contributed by atoms with Crippen molar-refractivity contribution in [2.75, 3.05) is 25.1 Å². The summed E-state index contributed by atoms with van der Waals surface area (Å²) in [7, 11) is 0. The maximum Gasteiger partial charge on any atom is 0.326 e. The van der Waals surface area contributed by atoms with Crippen LogP contribution in [0.2, 0.25) is 0 Å².